The van der Waals surface area contributed by atoms with Crippen molar-refractivity contribution in [3.05, 3.63) is 63.6 Å². The summed E-state index contributed by atoms with van der Waals surface area (Å²) in [5, 5.41) is 1.23. The summed E-state index contributed by atoms with van der Waals surface area (Å²) in [6, 6.07) is 13.5. The lowest BCUT2D eigenvalue weighted by atomic mass is 10.1. The second-order valence-corrected chi connectivity index (χ2v) is 5.63. The van der Waals surface area contributed by atoms with E-state index < -0.39 is 0 Å². The minimum absolute atomic E-state index is 0.128. The molecule has 2 nitrogen and oxygen atoms in total. The van der Waals surface area contributed by atoms with Gasteiger partial charge in [0.25, 0.3) is 0 Å². The van der Waals surface area contributed by atoms with E-state index in [0.717, 1.165) is 23.3 Å². The summed E-state index contributed by atoms with van der Waals surface area (Å²) in [6.45, 7) is 2.33. The summed E-state index contributed by atoms with van der Waals surface area (Å²) in [5.74, 6) is 0.791. The molecule has 2 aromatic carbocycles. The van der Waals surface area contributed by atoms with Gasteiger partial charge in [-0.05, 0) is 43.2 Å². The number of halogens is 2. The summed E-state index contributed by atoms with van der Waals surface area (Å²) in [6.07, 6.45) is 0.823. The van der Waals surface area contributed by atoms with Crippen LogP contribution in [0.4, 0.5) is 0 Å². The predicted molar refractivity (Wildman–Crippen MR) is 84.6 cm³/mol. The third-order valence-electron chi connectivity index (χ3n) is 2.90. The van der Waals surface area contributed by atoms with Gasteiger partial charge in [0.05, 0.1) is 0 Å². The molecule has 4 heteroatoms. The van der Waals surface area contributed by atoms with Crippen LogP contribution in [-0.2, 0) is 13.0 Å². The Bertz CT molecular complexity index is 564. The molecule has 0 bridgehead atoms. The van der Waals surface area contributed by atoms with E-state index in [1.807, 2.05) is 37.3 Å². The molecule has 1 unspecified atom stereocenters. The molecule has 0 amide bonds. The Kier molecular flexibility index (Phi) is 5.30. The van der Waals surface area contributed by atoms with E-state index in [9.17, 15) is 0 Å². The second kappa shape index (κ2) is 6.98. The topological polar surface area (TPSA) is 35.2 Å². The zero-order valence-corrected chi connectivity index (χ0v) is 12.8. The van der Waals surface area contributed by atoms with Crippen molar-refractivity contribution in [3.8, 4) is 5.75 Å². The van der Waals surface area contributed by atoms with Gasteiger partial charge in [0.2, 0.25) is 0 Å². The molecule has 0 spiro atoms. The number of nitrogens with two attached hydrogens (primary N) is 1. The highest BCUT2D eigenvalue weighted by atomic mass is 35.5. The zero-order valence-electron chi connectivity index (χ0n) is 11.3. The van der Waals surface area contributed by atoms with Crippen molar-refractivity contribution in [1.82, 2.24) is 0 Å². The van der Waals surface area contributed by atoms with Gasteiger partial charge in [-0.1, -0.05) is 41.4 Å². The average Bonchev–Trinajstić information content (AvgIpc) is 2.38. The highest BCUT2D eigenvalue weighted by Gasteiger charge is 2.07. The molecule has 0 radical (unpaired) electrons. The minimum Gasteiger partial charge on any atom is -0.489 e. The number of hydrogen-bond donors (Lipinski definition) is 1. The van der Waals surface area contributed by atoms with Gasteiger partial charge in [0.15, 0.2) is 0 Å². The lowest BCUT2D eigenvalue weighted by Crippen LogP contribution is -2.17. The molecule has 20 heavy (non-hydrogen) atoms. The van der Waals surface area contributed by atoms with Gasteiger partial charge < -0.3 is 10.5 Å². The fourth-order valence-corrected chi connectivity index (χ4v) is 2.47. The van der Waals surface area contributed by atoms with E-state index in [1.54, 1.807) is 12.1 Å². The smallest absolute Gasteiger partial charge is 0.120 e. The summed E-state index contributed by atoms with van der Waals surface area (Å²) in [7, 11) is 0. The Morgan fingerprint density at radius 1 is 1.10 bits per heavy atom. The van der Waals surface area contributed by atoms with Crippen molar-refractivity contribution >= 4 is 23.2 Å². The quantitative estimate of drug-likeness (QED) is 0.885. The van der Waals surface area contributed by atoms with E-state index in [0.29, 0.717) is 16.7 Å². The van der Waals surface area contributed by atoms with Gasteiger partial charge >= 0.3 is 0 Å². The molecule has 0 saturated heterocycles. The maximum absolute atomic E-state index is 6.11. The highest BCUT2D eigenvalue weighted by Crippen LogP contribution is 2.26. The van der Waals surface area contributed by atoms with Crippen LogP contribution in [0, 0.1) is 0 Å². The monoisotopic (exact) mass is 309 g/mol. The maximum atomic E-state index is 6.11. The Labute approximate surface area is 129 Å². The molecule has 0 heterocycles. The molecule has 0 aliphatic rings. The van der Waals surface area contributed by atoms with Crippen LogP contribution < -0.4 is 10.5 Å². The highest BCUT2D eigenvalue weighted by molar-refractivity contribution is 6.35. The molecule has 1 atom stereocenters. The van der Waals surface area contributed by atoms with E-state index >= 15 is 0 Å². The Morgan fingerprint density at radius 2 is 1.75 bits per heavy atom. The number of rotatable bonds is 5. The maximum Gasteiger partial charge on any atom is 0.120 e. The Morgan fingerprint density at radius 3 is 2.40 bits per heavy atom. The third kappa shape index (κ3) is 4.14. The largest absolute Gasteiger partial charge is 0.489 e. The van der Waals surface area contributed by atoms with Crippen molar-refractivity contribution in [1.29, 1.82) is 0 Å². The molecule has 2 N–H and O–H groups in total. The molecular formula is C16H17Cl2NO. The van der Waals surface area contributed by atoms with Gasteiger partial charge in [-0.25, -0.2) is 0 Å². The van der Waals surface area contributed by atoms with Crippen LogP contribution in [0.1, 0.15) is 18.1 Å². The first kappa shape index (κ1) is 15.2. The molecule has 2 aromatic rings. The van der Waals surface area contributed by atoms with Crippen molar-refractivity contribution in [2.24, 2.45) is 5.73 Å². The lowest BCUT2D eigenvalue weighted by Gasteiger charge is -2.11. The molecule has 0 fully saturated rings. The van der Waals surface area contributed by atoms with Crippen LogP contribution in [-0.4, -0.2) is 6.04 Å². The summed E-state index contributed by atoms with van der Waals surface area (Å²) < 4.78 is 5.77. The van der Waals surface area contributed by atoms with Gasteiger partial charge in [-0.3, -0.25) is 0 Å². The number of ether oxygens (including phenoxy) is 1. The van der Waals surface area contributed by atoms with Gasteiger partial charge in [0, 0.05) is 21.7 Å². The summed E-state index contributed by atoms with van der Waals surface area (Å²) in [4.78, 5) is 0. The van der Waals surface area contributed by atoms with Crippen LogP contribution in [0.15, 0.2) is 42.5 Å². The first-order valence-electron chi connectivity index (χ1n) is 6.46. The van der Waals surface area contributed by atoms with Crippen molar-refractivity contribution in [2.75, 3.05) is 0 Å². The van der Waals surface area contributed by atoms with Crippen LogP contribution in [0.3, 0.4) is 0 Å². The average molecular weight is 310 g/mol. The summed E-state index contributed by atoms with van der Waals surface area (Å²) >= 11 is 12.2. The van der Waals surface area contributed by atoms with Crippen molar-refractivity contribution in [2.45, 2.75) is 26.0 Å². The number of hydrogen-bond acceptors (Lipinski definition) is 2. The molecule has 0 aliphatic carbocycles. The third-order valence-corrected chi connectivity index (χ3v) is 3.61. The van der Waals surface area contributed by atoms with Gasteiger partial charge in [0.1, 0.15) is 12.4 Å². The fourth-order valence-electron chi connectivity index (χ4n) is 1.96. The van der Waals surface area contributed by atoms with E-state index in [2.05, 4.69) is 0 Å². The normalized spacial score (nSPS) is 12.2. The molecule has 106 valence electrons. The molecular weight excluding hydrogens is 293 g/mol. The molecule has 2 rings (SSSR count). The Hall–Kier alpha value is -1.22. The molecule has 0 aromatic heterocycles. The van der Waals surface area contributed by atoms with Gasteiger partial charge in [-0.2, -0.15) is 0 Å². The van der Waals surface area contributed by atoms with E-state index in [4.69, 9.17) is 33.7 Å². The molecule has 0 saturated carbocycles. The standard InChI is InChI=1S/C16H17Cl2NO/c1-11(19)8-12-4-2-5-13(9-12)20-10-14-15(17)6-3-7-16(14)18/h2-7,9,11H,8,10,19H2,1H3. The first-order chi connectivity index (χ1) is 9.56. The second-order valence-electron chi connectivity index (χ2n) is 4.82. The SMILES string of the molecule is CC(N)Cc1cccc(OCc2c(Cl)cccc2Cl)c1. The first-order valence-corrected chi connectivity index (χ1v) is 7.22. The van der Waals surface area contributed by atoms with E-state index in [-0.39, 0.29) is 6.04 Å². The fraction of sp³-hybridized carbons (Fsp3) is 0.250. The zero-order chi connectivity index (χ0) is 14.5. The number of benzene rings is 2. The van der Waals surface area contributed by atoms with Crippen LogP contribution in [0.5, 0.6) is 5.75 Å². The predicted octanol–water partition coefficient (Wildman–Crippen LogP) is 4.46. The van der Waals surface area contributed by atoms with Crippen LogP contribution >= 0.6 is 23.2 Å². The lowest BCUT2D eigenvalue weighted by molar-refractivity contribution is 0.306. The Balaban J connectivity index is 2.07. The minimum atomic E-state index is 0.128. The summed E-state index contributed by atoms with van der Waals surface area (Å²) in [5.41, 5.74) is 7.76. The molecule has 0 aliphatic heterocycles. The van der Waals surface area contributed by atoms with Crippen molar-refractivity contribution < 1.29 is 4.74 Å². The van der Waals surface area contributed by atoms with Crippen LogP contribution in [0.25, 0.3) is 0 Å². The van der Waals surface area contributed by atoms with Crippen molar-refractivity contribution in [3.63, 3.8) is 0 Å². The van der Waals surface area contributed by atoms with Gasteiger partial charge in [-0.15, -0.1) is 0 Å². The van der Waals surface area contributed by atoms with Crippen LogP contribution in [0.2, 0.25) is 10.0 Å². The van der Waals surface area contributed by atoms with E-state index in [1.165, 1.54) is 0 Å².